The highest BCUT2D eigenvalue weighted by atomic mass is 16.2. The summed E-state index contributed by atoms with van der Waals surface area (Å²) in [5.41, 5.74) is 0. The first-order chi connectivity index (χ1) is 7.61. The Morgan fingerprint density at radius 3 is 2.12 bits per heavy atom. The van der Waals surface area contributed by atoms with Crippen molar-refractivity contribution in [2.45, 2.75) is 26.7 Å². The molecule has 0 bridgehead atoms. The van der Waals surface area contributed by atoms with E-state index in [1.54, 1.807) is 0 Å². The summed E-state index contributed by atoms with van der Waals surface area (Å²) in [7, 11) is 0. The van der Waals surface area contributed by atoms with E-state index < -0.39 is 0 Å². The number of hydrogen-bond donors (Lipinski definition) is 1. The van der Waals surface area contributed by atoms with E-state index in [0.717, 1.165) is 25.9 Å². The van der Waals surface area contributed by atoms with Crippen LogP contribution in [0.2, 0.25) is 0 Å². The highest BCUT2D eigenvalue weighted by Crippen LogP contribution is 2.27. The number of carbonyl (C=O) groups is 2. The molecular weight excluding hydrogens is 204 g/mol. The summed E-state index contributed by atoms with van der Waals surface area (Å²) < 4.78 is 0. The van der Waals surface area contributed by atoms with Gasteiger partial charge in [-0.3, -0.25) is 14.5 Å². The van der Waals surface area contributed by atoms with Crippen LogP contribution in [0.1, 0.15) is 26.7 Å². The summed E-state index contributed by atoms with van der Waals surface area (Å²) in [6, 6.07) is 0. The normalized spacial score (nSPS) is 32.5. The number of carbonyl (C=O) groups excluding carboxylic acids is 2. The quantitative estimate of drug-likeness (QED) is 0.700. The second-order valence-electron chi connectivity index (χ2n) is 5.06. The topological polar surface area (TPSA) is 49.4 Å². The molecule has 4 heteroatoms. The van der Waals surface area contributed by atoms with Gasteiger partial charge in [0.25, 0.3) is 0 Å². The molecule has 2 saturated heterocycles. The molecular formula is C12H20N2O2. The third kappa shape index (κ3) is 1.98. The minimum absolute atomic E-state index is 0.0241. The molecule has 0 aromatic heterocycles. The average molecular weight is 224 g/mol. The summed E-state index contributed by atoms with van der Waals surface area (Å²) in [6.45, 7) is 6.35. The van der Waals surface area contributed by atoms with Crippen molar-refractivity contribution in [1.29, 1.82) is 0 Å². The van der Waals surface area contributed by atoms with Crippen molar-refractivity contribution in [1.82, 2.24) is 10.2 Å². The number of likely N-dealkylation sites (tertiary alicyclic amines) is 1. The molecule has 2 aliphatic rings. The van der Waals surface area contributed by atoms with Gasteiger partial charge in [-0.2, -0.15) is 0 Å². The van der Waals surface area contributed by atoms with Gasteiger partial charge in [-0.05, 0) is 31.8 Å². The van der Waals surface area contributed by atoms with Crippen molar-refractivity contribution in [3.63, 3.8) is 0 Å². The van der Waals surface area contributed by atoms with Gasteiger partial charge in [0.15, 0.2) is 0 Å². The van der Waals surface area contributed by atoms with Crippen LogP contribution in [-0.4, -0.2) is 36.3 Å². The van der Waals surface area contributed by atoms with Crippen LogP contribution < -0.4 is 5.32 Å². The lowest BCUT2D eigenvalue weighted by atomic mass is 9.97. The molecule has 2 atom stereocenters. The van der Waals surface area contributed by atoms with Crippen LogP contribution >= 0.6 is 0 Å². The molecule has 0 aromatic rings. The number of hydrogen-bond acceptors (Lipinski definition) is 3. The van der Waals surface area contributed by atoms with Crippen molar-refractivity contribution in [2.75, 3.05) is 19.6 Å². The van der Waals surface area contributed by atoms with Crippen LogP contribution in [0.3, 0.4) is 0 Å². The fourth-order valence-electron chi connectivity index (χ4n) is 2.53. The van der Waals surface area contributed by atoms with Gasteiger partial charge in [-0.25, -0.2) is 0 Å². The lowest BCUT2D eigenvalue weighted by molar-refractivity contribution is -0.140. The van der Waals surface area contributed by atoms with E-state index in [4.69, 9.17) is 0 Å². The number of nitrogens with one attached hydrogen (secondary N) is 1. The average Bonchev–Trinajstić information content (AvgIpc) is 2.48. The molecule has 0 saturated carbocycles. The van der Waals surface area contributed by atoms with Crippen molar-refractivity contribution in [3.05, 3.63) is 0 Å². The molecule has 0 spiro atoms. The Kier molecular flexibility index (Phi) is 3.28. The minimum Gasteiger partial charge on any atom is -0.317 e. The van der Waals surface area contributed by atoms with E-state index in [2.05, 4.69) is 5.32 Å². The second-order valence-corrected chi connectivity index (χ2v) is 5.06. The molecule has 90 valence electrons. The van der Waals surface area contributed by atoms with E-state index in [0.29, 0.717) is 12.5 Å². The van der Waals surface area contributed by atoms with E-state index in [1.165, 1.54) is 4.90 Å². The van der Waals surface area contributed by atoms with Crippen LogP contribution in [0.4, 0.5) is 0 Å². The predicted octanol–water partition coefficient (Wildman–Crippen LogP) is 0.627. The molecule has 0 aromatic carbocycles. The Morgan fingerprint density at radius 1 is 1.12 bits per heavy atom. The number of nitrogens with zero attached hydrogens (tertiary/aromatic N) is 1. The van der Waals surface area contributed by atoms with E-state index in [1.807, 2.05) is 13.8 Å². The Hall–Kier alpha value is -0.900. The zero-order valence-corrected chi connectivity index (χ0v) is 10.0. The molecule has 0 radical (unpaired) electrons. The van der Waals surface area contributed by atoms with Crippen molar-refractivity contribution in [3.8, 4) is 0 Å². The summed E-state index contributed by atoms with van der Waals surface area (Å²) >= 11 is 0. The van der Waals surface area contributed by atoms with Gasteiger partial charge in [0.05, 0.1) is 0 Å². The van der Waals surface area contributed by atoms with Gasteiger partial charge in [0.1, 0.15) is 0 Å². The zero-order chi connectivity index (χ0) is 11.7. The molecule has 2 rings (SSSR count). The first kappa shape index (κ1) is 11.6. The number of amides is 2. The lowest BCUT2D eigenvalue weighted by Gasteiger charge is -2.26. The SMILES string of the molecule is CC1C(=O)N(CC2CCNCC2)C(=O)C1C. The van der Waals surface area contributed by atoms with Crippen LogP contribution in [0.25, 0.3) is 0 Å². The van der Waals surface area contributed by atoms with Crippen LogP contribution in [0.15, 0.2) is 0 Å². The van der Waals surface area contributed by atoms with Crippen LogP contribution in [0, 0.1) is 17.8 Å². The zero-order valence-electron chi connectivity index (χ0n) is 10.0. The molecule has 2 aliphatic heterocycles. The number of piperidine rings is 1. The van der Waals surface area contributed by atoms with Gasteiger partial charge in [-0.1, -0.05) is 13.8 Å². The lowest BCUT2D eigenvalue weighted by Crippen LogP contribution is -2.39. The maximum Gasteiger partial charge on any atom is 0.232 e. The van der Waals surface area contributed by atoms with Crippen LogP contribution in [-0.2, 0) is 9.59 Å². The Bertz CT molecular complexity index is 277. The number of rotatable bonds is 2. The van der Waals surface area contributed by atoms with Crippen molar-refractivity contribution in [2.24, 2.45) is 17.8 Å². The predicted molar refractivity (Wildman–Crippen MR) is 60.6 cm³/mol. The monoisotopic (exact) mass is 224 g/mol. The fraction of sp³-hybridized carbons (Fsp3) is 0.833. The largest absolute Gasteiger partial charge is 0.317 e. The van der Waals surface area contributed by atoms with E-state index in [-0.39, 0.29) is 23.7 Å². The molecule has 2 unspecified atom stereocenters. The molecule has 1 N–H and O–H groups in total. The third-order valence-electron chi connectivity index (χ3n) is 3.96. The highest BCUT2D eigenvalue weighted by molar-refractivity contribution is 6.04. The van der Waals surface area contributed by atoms with Gasteiger partial charge in [0, 0.05) is 18.4 Å². The maximum absolute atomic E-state index is 11.9. The molecule has 2 amide bonds. The van der Waals surface area contributed by atoms with E-state index in [9.17, 15) is 9.59 Å². The Labute approximate surface area is 96.4 Å². The Balaban J connectivity index is 1.98. The second kappa shape index (κ2) is 4.53. The van der Waals surface area contributed by atoms with Gasteiger partial charge >= 0.3 is 0 Å². The summed E-state index contributed by atoms with van der Waals surface area (Å²) in [5.74, 6) is 0.280. The molecule has 2 fully saturated rings. The highest BCUT2D eigenvalue weighted by Gasteiger charge is 2.42. The summed E-state index contributed by atoms with van der Waals surface area (Å²) in [6.07, 6.45) is 2.14. The molecule has 2 heterocycles. The first-order valence-corrected chi connectivity index (χ1v) is 6.17. The number of imide groups is 1. The summed E-state index contributed by atoms with van der Waals surface area (Å²) in [5, 5.41) is 3.29. The summed E-state index contributed by atoms with van der Waals surface area (Å²) in [4.78, 5) is 25.3. The molecule has 0 aliphatic carbocycles. The van der Waals surface area contributed by atoms with Gasteiger partial charge in [-0.15, -0.1) is 0 Å². The van der Waals surface area contributed by atoms with E-state index >= 15 is 0 Å². The van der Waals surface area contributed by atoms with Crippen LogP contribution in [0.5, 0.6) is 0 Å². The standard InChI is InChI=1S/C12H20N2O2/c1-8-9(2)12(16)14(11(8)15)7-10-3-5-13-6-4-10/h8-10,13H,3-7H2,1-2H3. The van der Waals surface area contributed by atoms with Crippen molar-refractivity contribution >= 4 is 11.8 Å². The smallest absolute Gasteiger partial charge is 0.232 e. The first-order valence-electron chi connectivity index (χ1n) is 6.17. The molecule has 4 nitrogen and oxygen atoms in total. The van der Waals surface area contributed by atoms with Gasteiger partial charge in [0.2, 0.25) is 11.8 Å². The Morgan fingerprint density at radius 2 is 1.62 bits per heavy atom. The fourth-order valence-corrected chi connectivity index (χ4v) is 2.53. The maximum atomic E-state index is 11.9. The van der Waals surface area contributed by atoms with Gasteiger partial charge < -0.3 is 5.32 Å². The third-order valence-corrected chi connectivity index (χ3v) is 3.96. The molecule has 16 heavy (non-hydrogen) atoms. The van der Waals surface area contributed by atoms with Crippen molar-refractivity contribution < 1.29 is 9.59 Å². The minimum atomic E-state index is -0.130.